The van der Waals surface area contributed by atoms with Gasteiger partial charge in [0, 0.05) is 22.6 Å². The molecule has 2 heterocycles. The zero-order valence-electron chi connectivity index (χ0n) is 16.4. The minimum Gasteiger partial charge on any atom is -0.333 e. The molecule has 0 bridgehead atoms. The first-order chi connectivity index (χ1) is 14.3. The number of likely N-dealkylation sites (tertiary alicyclic amines) is 1. The third-order valence-electron chi connectivity index (χ3n) is 5.30. The number of pyridine rings is 1. The molecule has 4 rings (SSSR count). The zero-order valence-corrected chi connectivity index (χ0v) is 18.8. The molecule has 1 fully saturated rings. The molecule has 156 valence electrons. The van der Waals surface area contributed by atoms with Crippen molar-refractivity contribution in [1.29, 1.82) is 0 Å². The van der Waals surface area contributed by atoms with Crippen molar-refractivity contribution in [2.75, 3.05) is 13.2 Å². The summed E-state index contributed by atoms with van der Waals surface area (Å²) in [5.41, 5.74) is 2.25. The fourth-order valence-corrected chi connectivity index (χ4v) is 4.98. The van der Waals surface area contributed by atoms with E-state index in [-0.39, 0.29) is 23.5 Å². The number of aromatic nitrogens is 1. The maximum atomic E-state index is 13.3. The Hall–Kier alpha value is -2.29. The second-order valence-electron chi connectivity index (χ2n) is 7.37. The molecule has 0 aliphatic carbocycles. The minimum absolute atomic E-state index is 0.0609. The van der Waals surface area contributed by atoms with Crippen molar-refractivity contribution >= 4 is 42.9 Å². The molecule has 0 N–H and O–H groups in total. The first-order valence-corrected chi connectivity index (χ1v) is 11.9. The first-order valence-electron chi connectivity index (χ1n) is 9.66. The number of rotatable bonds is 5. The Morgan fingerprint density at radius 2 is 1.97 bits per heavy atom. The topological polar surface area (TPSA) is 76.6 Å². The summed E-state index contributed by atoms with van der Waals surface area (Å²) in [5, 5.41) is 0.760. The third kappa shape index (κ3) is 4.26. The van der Waals surface area contributed by atoms with E-state index in [2.05, 4.69) is 20.9 Å². The summed E-state index contributed by atoms with van der Waals surface area (Å²) in [6, 6.07) is 13.5. The highest BCUT2D eigenvalue weighted by Crippen LogP contribution is 2.27. The number of amides is 1. The van der Waals surface area contributed by atoms with Gasteiger partial charge in [-0.05, 0) is 56.2 Å². The largest absolute Gasteiger partial charge is 0.333 e. The highest BCUT2D eigenvalue weighted by molar-refractivity contribution is 9.10. The van der Waals surface area contributed by atoms with Gasteiger partial charge in [-0.1, -0.05) is 33.6 Å². The second kappa shape index (κ2) is 8.45. The lowest BCUT2D eigenvalue weighted by atomic mass is 10.1. The van der Waals surface area contributed by atoms with Crippen molar-refractivity contribution in [3.05, 3.63) is 70.3 Å². The number of nitrogens with zero attached hydrogens (tertiary/aromatic N) is 2. The highest BCUT2D eigenvalue weighted by Gasteiger charge is 2.32. The van der Waals surface area contributed by atoms with E-state index in [4.69, 9.17) is 4.18 Å². The summed E-state index contributed by atoms with van der Waals surface area (Å²) in [6.45, 7) is 2.39. The van der Waals surface area contributed by atoms with Crippen molar-refractivity contribution in [3.8, 4) is 0 Å². The van der Waals surface area contributed by atoms with Crippen LogP contribution in [0.25, 0.3) is 10.9 Å². The van der Waals surface area contributed by atoms with Crippen LogP contribution >= 0.6 is 15.9 Å². The Balaban J connectivity index is 1.53. The number of aryl methyl sites for hydroxylation is 1. The molecule has 0 radical (unpaired) electrons. The molecule has 2 aromatic carbocycles. The average Bonchev–Trinajstić information content (AvgIpc) is 3.20. The molecule has 8 heteroatoms. The van der Waals surface area contributed by atoms with E-state index in [1.807, 2.05) is 25.1 Å². The van der Waals surface area contributed by atoms with Gasteiger partial charge in [0.25, 0.3) is 16.0 Å². The van der Waals surface area contributed by atoms with Gasteiger partial charge in [0.15, 0.2) is 0 Å². The van der Waals surface area contributed by atoms with Crippen LogP contribution in [0.5, 0.6) is 0 Å². The first kappa shape index (κ1) is 21.0. The number of carbonyl (C=O) groups is 1. The maximum Gasteiger partial charge on any atom is 0.297 e. The maximum absolute atomic E-state index is 13.3. The number of halogens is 1. The third-order valence-corrected chi connectivity index (χ3v) is 7.09. The van der Waals surface area contributed by atoms with E-state index in [1.165, 1.54) is 12.1 Å². The molecule has 30 heavy (non-hydrogen) atoms. The molecule has 1 amide bonds. The SMILES string of the molecule is Cc1ccc(S(=O)(=O)OC[C@H]2CCCN2C(=O)c2ccnc3ccc(Br)cc23)cc1. The molecule has 3 aromatic rings. The van der Waals surface area contributed by atoms with Crippen molar-refractivity contribution in [2.45, 2.75) is 30.7 Å². The van der Waals surface area contributed by atoms with Gasteiger partial charge >= 0.3 is 0 Å². The standard InChI is InChI=1S/C22H21BrN2O4S/c1-15-4-7-18(8-5-15)30(27,28)29-14-17-3-2-12-25(17)22(26)19-10-11-24-21-9-6-16(23)13-20(19)21/h4-11,13,17H,2-3,12,14H2,1H3/t17-/m1/s1. The molecule has 0 unspecified atom stereocenters. The van der Waals surface area contributed by atoms with Gasteiger partial charge in [0.05, 0.1) is 28.6 Å². The Kier molecular flexibility index (Phi) is 5.90. The number of benzene rings is 2. The molecular weight excluding hydrogens is 468 g/mol. The van der Waals surface area contributed by atoms with E-state index in [0.717, 1.165) is 27.4 Å². The smallest absolute Gasteiger partial charge is 0.297 e. The van der Waals surface area contributed by atoms with Gasteiger partial charge in [0.1, 0.15) is 0 Å². The van der Waals surface area contributed by atoms with Crippen molar-refractivity contribution < 1.29 is 17.4 Å². The lowest BCUT2D eigenvalue weighted by molar-refractivity contribution is 0.0695. The number of hydrogen-bond acceptors (Lipinski definition) is 5. The molecule has 1 aromatic heterocycles. The van der Waals surface area contributed by atoms with E-state index in [1.54, 1.807) is 29.3 Å². The molecule has 1 atom stereocenters. The van der Waals surface area contributed by atoms with Crippen LogP contribution in [0.4, 0.5) is 0 Å². The van der Waals surface area contributed by atoms with Gasteiger partial charge in [-0.25, -0.2) is 0 Å². The molecule has 0 saturated carbocycles. The molecular formula is C22H21BrN2O4S. The van der Waals surface area contributed by atoms with E-state index in [0.29, 0.717) is 18.5 Å². The Bertz CT molecular complexity index is 1200. The second-order valence-corrected chi connectivity index (χ2v) is 9.90. The normalized spacial score (nSPS) is 16.9. The van der Waals surface area contributed by atoms with Gasteiger partial charge in [0.2, 0.25) is 0 Å². The monoisotopic (exact) mass is 488 g/mol. The van der Waals surface area contributed by atoms with Crippen LogP contribution in [-0.2, 0) is 14.3 Å². The van der Waals surface area contributed by atoms with E-state index < -0.39 is 10.1 Å². The summed E-state index contributed by atoms with van der Waals surface area (Å²) >= 11 is 3.44. The van der Waals surface area contributed by atoms with Crippen LogP contribution in [0.1, 0.15) is 28.8 Å². The molecule has 1 saturated heterocycles. The van der Waals surface area contributed by atoms with Crippen LogP contribution in [-0.4, -0.2) is 43.4 Å². The quantitative estimate of drug-likeness (QED) is 0.499. The predicted molar refractivity (Wildman–Crippen MR) is 118 cm³/mol. The van der Waals surface area contributed by atoms with Crippen LogP contribution in [0.2, 0.25) is 0 Å². The fourth-order valence-electron chi connectivity index (χ4n) is 3.68. The average molecular weight is 489 g/mol. The van der Waals surface area contributed by atoms with Gasteiger partial charge < -0.3 is 4.90 Å². The van der Waals surface area contributed by atoms with E-state index >= 15 is 0 Å². The van der Waals surface area contributed by atoms with Crippen molar-refractivity contribution in [1.82, 2.24) is 9.88 Å². The van der Waals surface area contributed by atoms with Crippen LogP contribution in [0.15, 0.2) is 64.1 Å². The predicted octanol–water partition coefficient (Wildman–Crippen LogP) is 4.32. The van der Waals surface area contributed by atoms with Crippen molar-refractivity contribution in [3.63, 3.8) is 0 Å². The molecule has 6 nitrogen and oxygen atoms in total. The van der Waals surface area contributed by atoms with Gasteiger partial charge in [-0.15, -0.1) is 0 Å². The minimum atomic E-state index is -3.87. The molecule has 1 aliphatic heterocycles. The highest BCUT2D eigenvalue weighted by atomic mass is 79.9. The summed E-state index contributed by atoms with van der Waals surface area (Å²) in [6.07, 6.45) is 3.12. The Morgan fingerprint density at radius 3 is 2.73 bits per heavy atom. The summed E-state index contributed by atoms with van der Waals surface area (Å²) in [5.74, 6) is -0.140. The lowest BCUT2D eigenvalue weighted by Crippen LogP contribution is -2.38. The lowest BCUT2D eigenvalue weighted by Gasteiger charge is -2.25. The fraction of sp³-hybridized carbons (Fsp3) is 0.273. The Morgan fingerprint density at radius 1 is 1.20 bits per heavy atom. The van der Waals surface area contributed by atoms with Crippen LogP contribution in [0, 0.1) is 6.92 Å². The number of fused-ring (bicyclic) bond motifs is 1. The summed E-state index contributed by atoms with van der Waals surface area (Å²) < 4.78 is 31.2. The number of hydrogen-bond donors (Lipinski definition) is 0. The zero-order chi connectivity index (χ0) is 21.3. The van der Waals surface area contributed by atoms with Gasteiger partial charge in [-0.2, -0.15) is 8.42 Å². The molecule has 1 aliphatic rings. The number of carbonyl (C=O) groups excluding carboxylic acids is 1. The van der Waals surface area contributed by atoms with Gasteiger partial charge in [-0.3, -0.25) is 14.0 Å². The summed E-state index contributed by atoms with van der Waals surface area (Å²) in [4.78, 5) is 19.4. The van der Waals surface area contributed by atoms with E-state index in [9.17, 15) is 13.2 Å². The van der Waals surface area contributed by atoms with Crippen LogP contribution < -0.4 is 0 Å². The summed E-state index contributed by atoms with van der Waals surface area (Å²) in [7, 11) is -3.87. The molecule has 0 spiro atoms. The Labute approximate surface area is 184 Å². The van der Waals surface area contributed by atoms with Crippen molar-refractivity contribution in [2.24, 2.45) is 0 Å². The van der Waals surface area contributed by atoms with Crippen LogP contribution in [0.3, 0.4) is 0 Å².